The predicted molar refractivity (Wildman–Crippen MR) is 128 cm³/mol. The number of hydrogen-bond acceptors (Lipinski definition) is 3. The van der Waals surface area contributed by atoms with Crippen molar-refractivity contribution < 1.29 is 12.6 Å². The Bertz CT molecular complexity index is 674. The van der Waals surface area contributed by atoms with Gasteiger partial charge in [0.25, 0.3) is 0 Å². The summed E-state index contributed by atoms with van der Waals surface area (Å²) in [6.45, 7) is 13.6. The van der Waals surface area contributed by atoms with Crippen molar-refractivity contribution in [1.29, 1.82) is 0 Å². The Labute approximate surface area is 184 Å². The van der Waals surface area contributed by atoms with E-state index >= 15 is 0 Å². The molecule has 0 spiro atoms. The van der Waals surface area contributed by atoms with Gasteiger partial charge in [-0.1, -0.05) is 0 Å². The number of aryl methyl sites for hydroxylation is 1. The average Bonchev–Trinajstić information content (AvgIpc) is 2.71. The van der Waals surface area contributed by atoms with E-state index < -0.39 is 28.5 Å². The van der Waals surface area contributed by atoms with Crippen LogP contribution >= 0.6 is 0 Å². The van der Waals surface area contributed by atoms with Crippen LogP contribution in [0.1, 0.15) is 77.7 Å². The van der Waals surface area contributed by atoms with Crippen molar-refractivity contribution in [2.24, 2.45) is 0 Å². The SMILES string of the molecule is C=[C](CCCOS(=O)(=O)c1ccc(C)cc1)[Sn]([CH2]CCC)([CH2]CCC)[CH2]CCC. The van der Waals surface area contributed by atoms with Crippen LogP contribution in [0.25, 0.3) is 0 Å². The van der Waals surface area contributed by atoms with Gasteiger partial charge in [0.15, 0.2) is 0 Å². The summed E-state index contributed by atoms with van der Waals surface area (Å²) >= 11 is -2.42. The molecule has 3 nitrogen and oxygen atoms in total. The van der Waals surface area contributed by atoms with Crippen LogP contribution in [0.5, 0.6) is 0 Å². The standard InChI is InChI=1S/C12H15O3S.3C4H9.Sn/c1-3-4-5-10-15-16(13,14)12-8-6-11(2)7-9-12;3*1-3-4-2;/h6-9H,1,4-5,10H2,2H3;3*1,3-4H2,2H3;. The van der Waals surface area contributed by atoms with Gasteiger partial charge in [-0.15, -0.1) is 0 Å². The molecule has 0 fully saturated rings. The summed E-state index contributed by atoms with van der Waals surface area (Å²) < 4.78 is 35.8. The summed E-state index contributed by atoms with van der Waals surface area (Å²) in [5.74, 6) is 0. The van der Waals surface area contributed by atoms with Gasteiger partial charge in [0.05, 0.1) is 0 Å². The molecule has 1 rings (SSSR count). The Morgan fingerprint density at radius 2 is 1.38 bits per heavy atom. The molecule has 0 N–H and O–H groups in total. The van der Waals surface area contributed by atoms with Crippen LogP contribution in [0, 0.1) is 6.92 Å². The van der Waals surface area contributed by atoms with Crippen molar-refractivity contribution in [2.45, 2.75) is 97.3 Å². The Morgan fingerprint density at radius 3 is 1.83 bits per heavy atom. The van der Waals surface area contributed by atoms with Crippen molar-refractivity contribution in [1.82, 2.24) is 0 Å². The van der Waals surface area contributed by atoms with E-state index in [1.807, 2.05) is 6.92 Å². The number of benzene rings is 1. The third-order valence-corrected chi connectivity index (χ3v) is 23.5. The molecule has 0 saturated carbocycles. The summed E-state index contributed by atoms with van der Waals surface area (Å²) in [4.78, 5) is 0.240. The zero-order valence-corrected chi connectivity index (χ0v) is 22.8. The van der Waals surface area contributed by atoms with Crippen LogP contribution in [0.15, 0.2) is 39.3 Å². The second-order valence-electron chi connectivity index (χ2n) is 8.39. The molecule has 5 heteroatoms. The molecule has 0 unspecified atom stereocenters. The minimum atomic E-state index is -3.67. The van der Waals surface area contributed by atoms with Crippen LogP contribution in [0.2, 0.25) is 13.3 Å². The molecule has 166 valence electrons. The molecule has 0 saturated heterocycles. The van der Waals surface area contributed by atoms with E-state index in [1.165, 1.54) is 55.4 Å². The molecule has 0 bridgehead atoms. The second kappa shape index (κ2) is 13.9. The van der Waals surface area contributed by atoms with E-state index in [-0.39, 0.29) is 11.5 Å². The van der Waals surface area contributed by atoms with Crippen molar-refractivity contribution in [3.05, 3.63) is 40.0 Å². The van der Waals surface area contributed by atoms with Crippen molar-refractivity contribution in [3.8, 4) is 0 Å². The van der Waals surface area contributed by atoms with E-state index in [0.29, 0.717) is 0 Å². The first kappa shape index (κ1) is 26.7. The van der Waals surface area contributed by atoms with Crippen molar-refractivity contribution in [2.75, 3.05) is 6.61 Å². The Hall–Kier alpha value is -0.331. The Kier molecular flexibility index (Phi) is 12.8. The van der Waals surface area contributed by atoms with Gasteiger partial charge < -0.3 is 0 Å². The van der Waals surface area contributed by atoms with E-state index in [2.05, 4.69) is 27.4 Å². The molecule has 1 aromatic rings. The quantitative estimate of drug-likeness (QED) is 0.127. The fourth-order valence-electron chi connectivity index (χ4n) is 3.94. The molecule has 1 aromatic carbocycles. The van der Waals surface area contributed by atoms with Gasteiger partial charge >= 0.3 is 185 Å². The van der Waals surface area contributed by atoms with Gasteiger partial charge in [0.1, 0.15) is 0 Å². The van der Waals surface area contributed by atoms with E-state index in [1.54, 1.807) is 24.3 Å². The van der Waals surface area contributed by atoms with Crippen LogP contribution in [-0.4, -0.2) is 33.4 Å². The average molecular weight is 529 g/mol. The first-order chi connectivity index (χ1) is 13.8. The van der Waals surface area contributed by atoms with Gasteiger partial charge in [-0.3, -0.25) is 0 Å². The zero-order chi connectivity index (χ0) is 21.8. The predicted octanol–water partition coefficient (Wildman–Crippen LogP) is 7.43. The van der Waals surface area contributed by atoms with E-state index in [4.69, 9.17) is 4.18 Å². The first-order valence-electron chi connectivity index (χ1n) is 11.5. The van der Waals surface area contributed by atoms with Gasteiger partial charge in [0, 0.05) is 0 Å². The summed E-state index contributed by atoms with van der Waals surface area (Å²) in [6, 6.07) is 6.84. The molecule has 0 heterocycles. The summed E-state index contributed by atoms with van der Waals surface area (Å²) in [5, 5.41) is 0. The fraction of sp³-hybridized carbons (Fsp3) is 0.667. The van der Waals surface area contributed by atoms with Crippen LogP contribution in [0.4, 0.5) is 0 Å². The molecular weight excluding hydrogens is 487 g/mol. The zero-order valence-electron chi connectivity index (χ0n) is 19.1. The third-order valence-electron chi connectivity index (χ3n) is 5.95. The maximum atomic E-state index is 12.4. The van der Waals surface area contributed by atoms with Crippen molar-refractivity contribution >= 4 is 28.5 Å². The molecular formula is C24H42O3SSn. The minimum absolute atomic E-state index is 0.240. The van der Waals surface area contributed by atoms with Crippen LogP contribution in [0.3, 0.4) is 0 Å². The van der Waals surface area contributed by atoms with E-state index in [0.717, 1.165) is 18.4 Å². The summed E-state index contributed by atoms with van der Waals surface area (Å²) in [6.07, 6.45) is 9.39. The molecule has 0 radical (unpaired) electrons. The molecule has 0 aromatic heterocycles. The molecule has 0 aliphatic carbocycles. The Balaban J connectivity index is 2.69. The topological polar surface area (TPSA) is 43.4 Å². The summed E-state index contributed by atoms with van der Waals surface area (Å²) in [7, 11) is -3.67. The molecule has 0 aliphatic heterocycles. The third kappa shape index (κ3) is 9.14. The van der Waals surface area contributed by atoms with Crippen LogP contribution in [-0.2, 0) is 14.3 Å². The number of hydrogen-bond donors (Lipinski definition) is 0. The van der Waals surface area contributed by atoms with Gasteiger partial charge in [-0.05, 0) is 0 Å². The monoisotopic (exact) mass is 530 g/mol. The molecule has 0 atom stereocenters. The first-order valence-corrected chi connectivity index (χ1v) is 20.3. The molecule has 0 amide bonds. The number of rotatable bonds is 16. The fourth-order valence-corrected chi connectivity index (χ4v) is 20.9. The van der Waals surface area contributed by atoms with Gasteiger partial charge in [-0.2, -0.15) is 0 Å². The summed E-state index contributed by atoms with van der Waals surface area (Å²) in [5.41, 5.74) is 1.04. The number of unbranched alkanes of at least 4 members (excludes halogenated alkanes) is 3. The van der Waals surface area contributed by atoms with Crippen LogP contribution < -0.4 is 0 Å². The normalized spacial score (nSPS) is 12.3. The Morgan fingerprint density at radius 1 is 0.897 bits per heavy atom. The van der Waals surface area contributed by atoms with E-state index in [9.17, 15) is 8.42 Å². The molecule has 29 heavy (non-hydrogen) atoms. The van der Waals surface area contributed by atoms with Gasteiger partial charge in [-0.25, -0.2) is 0 Å². The maximum absolute atomic E-state index is 12.4. The molecule has 0 aliphatic rings. The number of allylic oxidation sites excluding steroid dienone is 1. The van der Waals surface area contributed by atoms with Gasteiger partial charge in [0.2, 0.25) is 0 Å². The second-order valence-corrected chi connectivity index (χ2v) is 23.6. The van der Waals surface area contributed by atoms with Crippen molar-refractivity contribution in [3.63, 3.8) is 0 Å².